The van der Waals surface area contributed by atoms with Gasteiger partial charge in [0.2, 0.25) is 0 Å². The summed E-state index contributed by atoms with van der Waals surface area (Å²) in [6.07, 6.45) is 4.15. The number of aromatic nitrogens is 2. The molecule has 106 valence electrons. The van der Waals surface area contributed by atoms with Crippen LogP contribution in [0.15, 0.2) is 42.7 Å². The Morgan fingerprint density at radius 3 is 2.80 bits per heavy atom. The van der Waals surface area contributed by atoms with E-state index in [0.717, 1.165) is 11.4 Å². The van der Waals surface area contributed by atoms with Gasteiger partial charge < -0.3 is 15.0 Å². The molecule has 5 heteroatoms. The molecule has 20 heavy (non-hydrogen) atoms. The minimum Gasteiger partial charge on any atom is -0.480 e. The molecule has 0 aliphatic heterocycles. The Morgan fingerprint density at radius 1 is 1.40 bits per heavy atom. The first-order chi connectivity index (χ1) is 9.72. The monoisotopic (exact) mass is 273 g/mol. The van der Waals surface area contributed by atoms with E-state index in [1.807, 2.05) is 48.0 Å². The van der Waals surface area contributed by atoms with Crippen LogP contribution in [0.4, 0.5) is 0 Å². The van der Waals surface area contributed by atoms with E-state index in [1.165, 1.54) is 0 Å². The lowest BCUT2D eigenvalue weighted by atomic mass is 10.2. The molecule has 2 aromatic rings. The van der Waals surface area contributed by atoms with Crippen molar-refractivity contribution in [1.82, 2.24) is 14.9 Å². The van der Waals surface area contributed by atoms with Crippen molar-refractivity contribution < 1.29 is 9.90 Å². The summed E-state index contributed by atoms with van der Waals surface area (Å²) >= 11 is 0. The van der Waals surface area contributed by atoms with Crippen LogP contribution in [-0.2, 0) is 11.3 Å². The van der Waals surface area contributed by atoms with Crippen molar-refractivity contribution in [1.29, 1.82) is 0 Å². The molecule has 2 rings (SSSR count). The lowest BCUT2D eigenvalue weighted by molar-refractivity contribution is -0.139. The lowest BCUT2D eigenvalue weighted by Gasteiger charge is -2.14. The predicted molar refractivity (Wildman–Crippen MR) is 77.4 cm³/mol. The quantitative estimate of drug-likeness (QED) is 0.809. The fourth-order valence-corrected chi connectivity index (χ4v) is 2.16. The van der Waals surface area contributed by atoms with Crippen LogP contribution in [0.3, 0.4) is 0 Å². The number of nitrogens with zero attached hydrogens (tertiary/aromatic N) is 2. The third-order valence-corrected chi connectivity index (χ3v) is 3.15. The average Bonchev–Trinajstić information content (AvgIpc) is 2.92. The lowest BCUT2D eigenvalue weighted by Crippen LogP contribution is -2.37. The number of carboxylic acid groups (broad SMARTS) is 1. The molecular formula is C15H19N3O2. The Balaban J connectivity index is 2.08. The van der Waals surface area contributed by atoms with Gasteiger partial charge in [-0.3, -0.25) is 4.79 Å². The van der Waals surface area contributed by atoms with Crippen LogP contribution in [0.25, 0.3) is 11.4 Å². The van der Waals surface area contributed by atoms with Crippen LogP contribution < -0.4 is 5.32 Å². The third kappa shape index (κ3) is 3.45. The van der Waals surface area contributed by atoms with Crippen molar-refractivity contribution >= 4 is 5.97 Å². The Morgan fingerprint density at radius 2 is 2.15 bits per heavy atom. The number of likely N-dealkylation sites (N-methyl/N-ethyl adjacent to an activating group) is 1. The highest BCUT2D eigenvalue weighted by Crippen LogP contribution is 2.17. The van der Waals surface area contributed by atoms with Crippen molar-refractivity contribution in [2.45, 2.75) is 25.9 Å². The van der Waals surface area contributed by atoms with Crippen LogP contribution in [0.5, 0.6) is 0 Å². The summed E-state index contributed by atoms with van der Waals surface area (Å²) < 4.78 is 1.99. The molecule has 0 amide bonds. The standard InChI is InChI=1S/C15H19N3O2/c1-2-16-13(15(19)20)8-10-18-11-9-17-14(18)12-6-4-3-5-7-12/h3-7,9,11,13,16H,2,8,10H2,1H3,(H,19,20). The molecule has 2 N–H and O–H groups in total. The number of hydrogen-bond acceptors (Lipinski definition) is 3. The Labute approximate surface area is 118 Å². The maximum Gasteiger partial charge on any atom is 0.320 e. The zero-order valence-electron chi connectivity index (χ0n) is 11.5. The van der Waals surface area contributed by atoms with Gasteiger partial charge in [-0.25, -0.2) is 4.98 Å². The Hall–Kier alpha value is -2.14. The van der Waals surface area contributed by atoms with E-state index in [0.29, 0.717) is 19.5 Å². The molecular weight excluding hydrogens is 254 g/mol. The van der Waals surface area contributed by atoms with Crippen LogP contribution in [0.2, 0.25) is 0 Å². The molecule has 1 aromatic carbocycles. The number of rotatable bonds is 7. The molecule has 0 bridgehead atoms. The molecule has 5 nitrogen and oxygen atoms in total. The smallest absolute Gasteiger partial charge is 0.320 e. The summed E-state index contributed by atoms with van der Waals surface area (Å²) in [5, 5.41) is 12.1. The van der Waals surface area contributed by atoms with E-state index in [-0.39, 0.29) is 0 Å². The van der Waals surface area contributed by atoms with Gasteiger partial charge in [0.25, 0.3) is 0 Å². The van der Waals surface area contributed by atoms with E-state index < -0.39 is 12.0 Å². The predicted octanol–water partition coefficient (Wildman–Crippen LogP) is 2.00. The van der Waals surface area contributed by atoms with Crippen molar-refractivity contribution in [3.8, 4) is 11.4 Å². The van der Waals surface area contributed by atoms with Crippen molar-refractivity contribution in [2.24, 2.45) is 0 Å². The topological polar surface area (TPSA) is 67.2 Å². The molecule has 1 unspecified atom stereocenters. The van der Waals surface area contributed by atoms with E-state index in [4.69, 9.17) is 5.11 Å². The first kappa shape index (κ1) is 14.3. The molecule has 0 aliphatic carbocycles. The molecule has 0 spiro atoms. The fourth-order valence-electron chi connectivity index (χ4n) is 2.16. The second-order valence-electron chi connectivity index (χ2n) is 4.55. The largest absolute Gasteiger partial charge is 0.480 e. The number of carbonyl (C=O) groups is 1. The number of carboxylic acids is 1. The summed E-state index contributed by atoms with van der Waals surface area (Å²) in [5.41, 5.74) is 1.04. The van der Waals surface area contributed by atoms with Crippen LogP contribution >= 0.6 is 0 Å². The fraction of sp³-hybridized carbons (Fsp3) is 0.333. The summed E-state index contributed by atoms with van der Waals surface area (Å²) in [6, 6.07) is 9.36. The van der Waals surface area contributed by atoms with Gasteiger partial charge in [0, 0.05) is 24.5 Å². The highest BCUT2D eigenvalue weighted by Gasteiger charge is 2.16. The van der Waals surface area contributed by atoms with Gasteiger partial charge in [0.15, 0.2) is 0 Å². The van der Waals surface area contributed by atoms with E-state index in [2.05, 4.69) is 10.3 Å². The van der Waals surface area contributed by atoms with E-state index >= 15 is 0 Å². The first-order valence-electron chi connectivity index (χ1n) is 6.75. The maximum atomic E-state index is 11.1. The van der Waals surface area contributed by atoms with Gasteiger partial charge in [-0.05, 0) is 13.0 Å². The molecule has 0 saturated heterocycles. The molecule has 1 atom stereocenters. The average molecular weight is 273 g/mol. The van der Waals surface area contributed by atoms with Crippen molar-refractivity contribution in [3.63, 3.8) is 0 Å². The number of hydrogen-bond donors (Lipinski definition) is 2. The molecule has 1 heterocycles. The van der Waals surface area contributed by atoms with Crippen LogP contribution in [0.1, 0.15) is 13.3 Å². The zero-order valence-corrected chi connectivity index (χ0v) is 11.5. The van der Waals surface area contributed by atoms with Gasteiger partial charge >= 0.3 is 5.97 Å². The van der Waals surface area contributed by atoms with Crippen LogP contribution in [-0.4, -0.2) is 33.2 Å². The van der Waals surface area contributed by atoms with Gasteiger partial charge in [0.05, 0.1) is 0 Å². The van der Waals surface area contributed by atoms with Crippen molar-refractivity contribution in [3.05, 3.63) is 42.7 Å². The second-order valence-corrected chi connectivity index (χ2v) is 4.55. The molecule has 1 aromatic heterocycles. The maximum absolute atomic E-state index is 11.1. The summed E-state index contributed by atoms with van der Waals surface area (Å²) in [6.45, 7) is 3.17. The molecule has 0 saturated carbocycles. The van der Waals surface area contributed by atoms with E-state index in [1.54, 1.807) is 6.20 Å². The normalized spacial score (nSPS) is 12.2. The molecule has 0 fully saturated rings. The summed E-state index contributed by atoms with van der Waals surface area (Å²) in [5.74, 6) is 0.0551. The van der Waals surface area contributed by atoms with Crippen LogP contribution in [0, 0.1) is 0 Å². The first-order valence-corrected chi connectivity index (χ1v) is 6.75. The number of imidazole rings is 1. The third-order valence-electron chi connectivity index (χ3n) is 3.15. The van der Waals surface area contributed by atoms with Crippen molar-refractivity contribution in [2.75, 3.05) is 6.54 Å². The van der Waals surface area contributed by atoms with Gasteiger partial charge in [0.1, 0.15) is 11.9 Å². The SMILES string of the molecule is CCNC(CCn1ccnc1-c1ccccc1)C(=O)O. The Bertz CT molecular complexity index is 551. The van der Waals surface area contributed by atoms with Gasteiger partial charge in [-0.2, -0.15) is 0 Å². The summed E-state index contributed by atoms with van der Waals surface area (Å²) in [4.78, 5) is 15.5. The number of aryl methyl sites for hydroxylation is 1. The van der Waals surface area contributed by atoms with E-state index in [9.17, 15) is 4.79 Å². The molecule has 0 aliphatic rings. The Kier molecular flexibility index (Phi) is 4.90. The van der Waals surface area contributed by atoms with Gasteiger partial charge in [-0.15, -0.1) is 0 Å². The number of aliphatic carboxylic acids is 1. The number of nitrogens with one attached hydrogen (secondary N) is 1. The molecule has 0 radical (unpaired) electrons. The minimum atomic E-state index is -0.812. The highest BCUT2D eigenvalue weighted by molar-refractivity contribution is 5.73. The summed E-state index contributed by atoms with van der Waals surface area (Å²) in [7, 11) is 0. The van der Waals surface area contributed by atoms with Gasteiger partial charge in [-0.1, -0.05) is 37.3 Å². The second kappa shape index (κ2) is 6.86. The zero-order chi connectivity index (χ0) is 14.4. The minimum absolute atomic E-state index is 0.522. The number of benzene rings is 1. The highest BCUT2D eigenvalue weighted by atomic mass is 16.4.